The van der Waals surface area contributed by atoms with Crippen molar-refractivity contribution < 1.29 is 27.5 Å². The third-order valence-corrected chi connectivity index (χ3v) is 3.83. The Kier molecular flexibility index (Phi) is 5.33. The Hall–Kier alpha value is -2.28. The average Bonchev–Trinajstić information content (AvgIpc) is 2.99. The van der Waals surface area contributed by atoms with E-state index < -0.39 is 23.8 Å². The van der Waals surface area contributed by atoms with E-state index in [1.54, 1.807) is 24.0 Å². The highest BCUT2D eigenvalue weighted by molar-refractivity contribution is 5.72. The first-order chi connectivity index (χ1) is 11.2. The summed E-state index contributed by atoms with van der Waals surface area (Å²) in [4.78, 5) is 12.8. The number of aliphatic carboxylic acids is 1. The van der Waals surface area contributed by atoms with Crippen LogP contribution in [0.1, 0.15) is 25.2 Å². The molecule has 1 atom stereocenters. The molecule has 1 aromatic carbocycles. The Morgan fingerprint density at radius 3 is 2.33 bits per heavy atom. The lowest BCUT2D eigenvalue weighted by Gasteiger charge is -2.23. The number of alkyl halides is 3. The summed E-state index contributed by atoms with van der Waals surface area (Å²) in [5.74, 6) is 0.0731. The van der Waals surface area contributed by atoms with Gasteiger partial charge in [0.1, 0.15) is 17.6 Å². The van der Waals surface area contributed by atoms with Crippen molar-refractivity contribution in [1.29, 1.82) is 0 Å². The zero-order valence-electron chi connectivity index (χ0n) is 13.3. The number of likely N-dealkylation sites (N-methyl/N-ethyl adjacent to an activating group) is 1. The van der Waals surface area contributed by atoms with Gasteiger partial charge in [-0.25, -0.2) is 0 Å². The second-order valence-electron chi connectivity index (χ2n) is 5.42. The van der Waals surface area contributed by atoms with Gasteiger partial charge in [-0.2, -0.15) is 13.2 Å². The lowest BCUT2D eigenvalue weighted by Crippen LogP contribution is -2.38. The van der Waals surface area contributed by atoms with Crippen molar-refractivity contribution in [2.24, 2.45) is 0 Å². The van der Waals surface area contributed by atoms with Crippen LogP contribution in [0, 0.1) is 0 Å². The second kappa shape index (κ2) is 7.09. The molecule has 0 aliphatic heterocycles. The van der Waals surface area contributed by atoms with Crippen LogP contribution >= 0.6 is 0 Å². The van der Waals surface area contributed by atoms with Crippen LogP contribution < -0.4 is 0 Å². The van der Waals surface area contributed by atoms with E-state index in [1.807, 2.05) is 6.92 Å². The zero-order chi connectivity index (χ0) is 17.9. The molecule has 24 heavy (non-hydrogen) atoms. The Bertz CT molecular complexity index is 692. The Morgan fingerprint density at radius 1 is 1.21 bits per heavy atom. The molecule has 0 saturated heterocycles. The van der Waals surface area contributed by atoms with Crippen molar-refractivity contribution >= 4 is 5.97 Å². The Balaban J connectivity index is 2.14. The predicted octanol–water partition coefficient (Wildman–Crippen LogP) is 4.26. The van der Waals surface area contributed by atoms with Crippen LogP contribution in [0.2, 0.25) is 0 Å². The van der Waals surface area contributed by atoms with E-state index in [1.165, 1.54) is 12.1 Å². The van der Waals surface area contributed by atoms with E-state index in [-0.39, 0.29) is 0 Å². The molecule has 1 aromatic heterocycles. The number of nitrogens with zero attached hydrogens (tertiary/aromatic N) is 1. The molecule has 4 nitrogen and oxygen atoms in total. The first-order valence-corrected chi connectivity index (χ1v) is 7.45. The third kappa shape index (κ3) is 4.17. The molecule has 2 aromatic rings. The van der Waals surface area contributed by atoms with Crippen molar-refractivity contribution in [3.05, 3.63) is 47.7 Å². The molecular weight excluding hydrogens is 323 g/mol. The number of furan rings is 1. The Labute approximate surface area is 137 Å². The van der Waals surface area contributed by atoms with Crippen molar-refractivity contribution in [1.82, 2.24) is 4.90 Å². The summed E-state index contributed by atoms with van der Waals surface area (Å²) >= 11 is 0. The van der Waals surface area contributed by atoms with Crippen LogP contribution in [0.5, 0.6) is 0 Å². The van der Waals surface area contributed by atoms with E-state index in [0.29, 0.717) is 30.2 Å². The van der Waals surface area contributed by atoms with Gasteiger partial charge in [-0.05, 0) is 37.7 Å². The van der Waals surface area contributed by atoms with Gasteiger partial charge in [0.15, 0.2) is 0 Å². The van der Waals surface area contributed by atoms with Gasteiger partial charge in [-0.1, -0.05) is 19.1 Å². The standard InChI is InChI=1S/C17H18F3NO3/c1-3-21(11(2)16(22)23)10-14-8-9-15(24-14)12-4-6-13(7-5-12)17(18,19)20/h4-9,11H,3,10H2,1-2H3,(H,22,23). The number of rotatable bonds is 6. The highest BCUT2D eigenvalue weighted by Crippen LogP contribution is 2.31. The molecule has 7 heteroatoms. The van der Waals surface area contributed by atoms with E-state index in [0.717, 1.165) is 12.1 Å². The largest absolute Gasteiger partial charge is 0.480 e. The lowest BCUT2D eigenvalue weighted by molar-refractivity contribution is -0.143. The van der Waals surface area contributed by atoms with Crippen molar-refractivity contribution in [2.45, 2.75) is 32.6 Å². The molecule has 0 saturated carbocycles. The summed E-state index contributed by atoms with van der Waals surface area (Å²) in [7, 11) is 0. The van der Waals surface area contributed by atoms with Crippen molar-refractivity contribution in [2.75, 3.05) is 6.54 Å². The number of carboxylic acids is 1. The molecule has 0 fully saturated rings. The number of hydrogen-bond donors (Lipinski definition) is 1. The maximum Gasteiger partial charge on any atom is 0.416 e. The summed E-state index contributed by atoms with van der Waals surface area (Å²) in [5.41, 5.74) is -0.186. The minimum absolute atomic E-state index is 0.310. The van der Waals surface area contributed by atoms with Gasteiger partial charge in [0, 0.05) is 5.56 Å². The van der Waals surface area contributed by atoms with Crippen LogP contribution in [0.3, 0.4) is 0 Å². The summed E-state index contributed by atoms with van der Waals surface area (Å²) in [6, 6.07) is 7.41. The number of benzene rings is 1. The fourth-order valence-electron chi connectivity index (χ4n) is 2.32. The first-order valence-electron chi connectivity index (χ1n) is 7.45. The van der Waals surface area contributed by atoms with Gasteiger partial charge in [0.05, 0.1) is 12.1 Å². The van der Waals surface area contributed by atoms with Gasteiger partial charge >= 0.3 is 12.1 Å². The van der Waals surface area contributed by atoms with E-state index in [9.17, 15) is 18.0 Å². The molecule has 0 aliphatic rings. The van der Waals surface area contributed by atoms with Gasteiger partial charge in [0.2, 0.25) is 0 Å². The highest BCUT2D eigenvalue weighted by Gasteiger charge is 2.30. The molecule has 1 unspecified atom stereocenters. The highest BCUT2D eigenvalue weighted by atomic mass is 19.4. The number of hydrogen-bond acceptors (Lipinski definition) is 3. The van der Waals surface area contributed by atoms with E-state index in [2.05, 4.69) is 0 Å². The number of halogens is 3. The molecule has 2 rings (SSSR count). The molecule has 1 heterocycles. The molecule has 130 valence electrons. The first kappa shape index (κ1) is 18.1. The maximum absolute atomic E-state index is 12.6. The average molecular weight is 341 g/mol. The smallest absolute Gasteiger partial charge is 0.416 e. The fraction of sp³-hybridized carbons (Fsp3) is 0.353. The fourth-order valence-corrected chi connectivity index (χ4v) is 2.32. The van der Waals surface area contributed by atoms with Gasteiger partial charge < -0.3 is 9.52 Å². The zero-order valence-corrected chi connectivity index (χ0v) is 13.3. The predicted molar refractivity (Wildman–Crippen MR) is 82.3 cm³/mol. The van der Waals surface area contributed by atoms with Crippen LogP contribution in [-0.2, 0) is 17.5 Å². The monoisotopic (exact) mass is 341 g/mol. The maximum atomic E-state index is 12.6. The quantitative estimate of drug-likeness (QED) is 0.853. The second-order valence-corrected chi connectivity index (χ2v) is 5.42. The summed E-state index contributed by atoms with van der Waals surface area (Å²) in [5, 5.41) is 9.07. The Morgan fingerprint density at radius 2 is 1.83 bits per heavy atom. The van der Waals surface area contributed by atoms with Crippen LogP contribution in [0.4, 0.5) is 13.2 Å². The van der Waals surface area contributed by atoms with Crippen molar-refractivity contribution in [3.63, 3.8) is 0 Å². The van der Waals surface area contributed by atoms with Gasteiger partial charge in [-0.3, -0.25) is 9.69 Å². The van der Waals surface area contributed by atoms with Gasteiger partial charge in [-0.15, -0.1) is 0 Å². The molecule has 0 amide bonds. The minimum atomic E-state index is -4.37. The molecular formula is C17H18F3NO3. The van der Waals surface area contributed by atoms with Crippen LogP contribution in [0.15, 0.2) is 40.8 Å². The summed E-state index contributed by atoms with van der Waals surface area (Å²) < 4.78 is 43.4. The lowest BCUT2D eigenvalue weighted by atomic mass is 10.1. The topological polar surface area (TPSA) is 53.7 Å². The van der Waals surface area contributed by atoms with Gasteiger partial charge in [0.25, 0.3) is 0 Å². The van der Waals surface area contributed by atoms with Crippen LogP contribution in [-0.4, -0.2) is 28.6 Å². The van der Waals surface area contributed by atoms with E-state index >= 15 is 0 Å². The summed E-state index contributed by atoms with van der Waals surface area (Å²) in [6.07, 6.45) is -4.37. The summed E-state index contributed by atoms with van der Waals surface area (Å²) in [6.45, 7) is 4.28. The molecule has 0 spiro atoms. The normalized spacial score (nSPS) is 13.2. The number of carbonyl (C=O) groups is 1. The molecule has 0 aliphatic carbocycles. The van der Waals surface area contributed by atoms with Crippen LogP contribution in [0.25, 0.3) is 11.3 Å². The molecule has 1 N–H and O–H groups in total. The molecule has 0 radical (unpaired) electrons. The van der Waals surface area contributed by atoms with Crippen molar-refractivity contribution in [3.8, 4) is 11.3 Å². The third-order valence-electron chi connectivity index (χ3n) is 3.83. The van der Waals surface area contributed by atoms with E-state index in [4.69, 9.17) is 9.52 Å². The SMILES string of the molecule is CCN(Cc1ccc(-c2ccc(C(F)(F)F)cc2)o1)C(C)C(=O)O. The minimum Gasteiger partial charge on any atom is -0.480 e. The number of carboxylic acid groups (broad SMARTS) is 1. The molecule has 0 bridgehead atoms.